The minimum Gasteiger partial charge on any atom is -0.462 e. The Balaban J connectivity index is 4.84. The van der Waals surface area contributed by atoms with E-state index in [9.17, 15) is 19.8 Å². The highest BCUT2D eigenvalue weighted by atomic mass is 16.5. The van der Waals surface area contributed by atoms with Gasteiger partial charge in [-0.3, -0.25) is 9.59 Å². The number of nitrogens with one attached hydrogen (secondary N) is 1. The lowest BCUT2D eigenvalue weighted by Crippen LogP contribution is -2.46. The van der Waals surface area contributed by atoms with Crippen LogP contribution in [-0.4, -0.2) is 46.9 Å². The van der Waals surface area contributed by atoms with Crippen molar-refractivity contribution >= 4 is 11.9 Å². The van der Waals surface area contributed by atoms with Gasteiger partial charge in [-0.15, -0.1) is 0 Å². The summed E-state index contributed by atoms with van der Waals surface area (Å²) in [5, 5.41) is 23.8. The summed E-state index contributed by atoms with van der Waals surface area (Å²) in [5.74, 6) is -0.633. The predicted octanol–water partition coefficient (Wildman–Crippen LogP) is 15.8. The Morgan fingerprint density at radius 2 is 0.908 bits per heavy atom. The Bertz CT molecular complexity index is 1420. The van der Waals surface area contributed by atoms with Crippen LogP contribution in [0.3, 0.4) is 0 Å². The third-order valence-corrected chi connectivity index (χ3v) is 10.9. The van der Waals surface area contributed by atoms with E-state index in [1.165, 1.54) is 70.6 Å². The van der Waals surface area contributed by atoms with E-state index >= 15 is 0 Å². The fourth-order valence-electron chi connectivity index (χ4n) is 7.03. The molecule has 6 nitrogen and oxygen atoms in total. The zero-order chi connectivity index (χ0) is 47.4. The van der Waals surface area contributed by atoms with Crippen LogP contribution in [0.5, 0.6) is 0 Å². The normalized spacial score (nSPS) is 14.4. The molecular weight excluding hydrogens is 803 g/mol. The molecule has 0 rings (SSSR count). The van der Waals surface area contributed by atoms with E-state index in [2.05, 4.69) is 99.0 Å². The Morgan fingerprint density at radius 3 is 1.40 bits per heavy atom. The van der Waals surface area contributed by atoms with Crippen LogP contribution in [0.15, 0.2) is 134 Å². The van der Waals surface area contributed by atoms with Gasteiger partial charge in [-0.05, 0) is 77.0 Å². The first-order chi connectivity index (χ1) is 32.0. The third kappa shape index (κ3) is 46.3. The lowest BCUT2D eigenvalue weighted by atomic mass is 10.0. The Labute approximate surface area is 399 Å². The summed E-state index contributed by atoms with van der Waals surface area (Å²) in [6.45, 7) is 6.18. The van der Waals surface area contributed by atoms with Gasteiger partial charge in [0.2, 0.25) is 5.91 Å². The number of amides is 1. The number of carbonyl (C=O) groups excluding carboxylic acids is 2. The molecule has 0 aromatic rings. The van der Waals surface area contributed by atoms with Crippen molar-refractivity contribution in [2.75, 3.05) is 6.61 Å². The molecule has 0 saturated heterocycles. The molecule has 3 N–H and O–H groups in total. The van der Waals surface area contributed by atoms with E-state index in [1.54, 1.807) is 0 Å². The van der Waals surface area contributed by atoms with E-state index < -0.39 is 18.2 Å². The van der Waals surface area contributed by atoms with Gasteiger partial charge >= 0.3 is 5.97 Å². The maximum Gasteiger partial charge on any atom is 0.306 e. The second kappa shape index (κ2) is 51.0. The van der Waals surface area contributed by atoms with Crippen molar-refractivity contribution in [2.24, 2.45) is 0 Å². The molecule has 0 radical (unpaired) electrons. The molecule has 0 aromatic heterocycles. The smallest absolute Gasteiger partial charge is 0.306 e. The Kier molecular flexibility index (Phi) is 47.9. The van der Waals surface area contributed by atoms with Gasteiger partial charge in [0.1, 0.15) is 6.10 Å². The number of aliphatic hydroxyl groups excluding tert-OH is 2. The molecule has 3 unspecified atom stereocenters. The molecule has 6 heteroatoms. The van der Waals surface area contributed by atoms with Gasteiger partial charge in [0.15, 0.2) is 0 Å². The number of esters is 1. The van der Waals surface area contributed by atoms with Crippen molar-refractivity contribution in [3.05, 3.63) is 134 Å². The number of ether oxygens (including phenoxy) is 1. The number of rotatable bonds is 44. The summed E-state index contributed by atoms with van der Waals surface area (Å²) in [7, 11) is 0. The first-order valence-electron chi connectivity index (χ1n) is 26.0. The summed E-state index contributed by atoms with van der Waals surface area (Å²) in [5.41, 5.74) is 0. The monoisotopic (exact) mass is 898 g/mol. The van der Waals surface area contributed by atoms with Crippen LogP contribution in [0.4, 0.5) is 0 Å². The maximum absolute atomic E-state index is 13.2. The highest BCUT2D eigenvalue weighted by Crippen LogP contribution is 2.16. The van der Waals surface area contributed by atoms with Crippen LogP contribution in [0.1, 0.15) is 201 Å². The molecule has 0 bridgehead atoms. The summed E-state index contributed by atoms with van der Waals surface area (Å²) in [6, 6.07) is -0.747. The number of unbranched alkanes of at least 4 members (excludes halogenated alkanes) is 15. The molecule has 0 aliphatic rings. The van der Waals surface area contributed by atoms with Crippen LogP contribution in [-0.2, 0) is 14.3 Å². The number of hydrogen-bond donors (Lipinski definition) is 3. The Morgan fingerprint density at radius 1 is 0.477 bits per heavy atom. The van der Waals surface area contributed by atoms with Crippen LogP contribution in [0.2, 0.25) is 0 Å². The maximum atomic E-state index is 13.2. The standard InChI is InChI=1S/C59H95NO5/c1-4-7-10-13-16-19-22-25-28-29-31-34-37-40-43-46-49-52-59(64)65-55(50-47-44-41-38-35-32-30-26-23-20-17-14-11-8-5-2)53-58(63)60-56(54-61)57(62)51-48-45-42-39-36-33-27-24-21-18-15-12-9-6-3/h7-8,10-11,14,16-17,19-20,23,25-26,28,30-32,34-35,38,40-41,43,55-57,61-62H,4-6,9,12-13,15,18,21-22,24,27,29,33,36-37,39,42,44-54H2,1-3H3,(H,60,63)/b10-7-,11-8-,17-14+,19-16-,23-20+,28-25-,30-26-,34-31-,35-32+,41-38+,43-40-. The number of aliphatic hydroxyl groups is 2. The fourth-order valence-corrected chi connectivity index (χ4v) is 7.03. The summed E-state index contributed by atoms with van der Waals surface area (Å²) in [4.78, 5) is 26.1. The number of carbonyl (C=O) groups is 2. The van der Waals surface area contributed by atoms with Gasteiger partial charge in [0, 0.05) is 6.42 Å². The highest BCUT2D eigenvalue weighted by molar-refractivity contribution is 5.77. The number of hydrogen-bond acceptors (Lipinski definition) is 5. The van der Waals surface area contributed by atoms with E-state index in [0.29, 0.717) is 19.3 Å². The SMILES string of the molecule is CC\C=C/C=C/C=C/C=C\C=C\C=C\CCCC(CC(=O)NC(CO)C(O)CCCCCCCCCCCCCCCC)OC(=O)CCC/C=C\C/C=C\C/C=C\C/C=C\C/C=C\CC. The van der Waals surface area contributed by atoms with Crippen molar-refractivity contribution in [1.82, 2.24) is 5.32 Å². The Hall–Kier alpha value is -4.00. The summed E-state index contributed by atoms with van der Waals surface area (Å²) < 4.78 is 5.87. The van der Waals surface area contributed by atoms with Gasteiger partial charge in [-0.1, -0.05) is 244 Å². The molecule has 3 atom stereocenters. The van der Waals surface area contributed by atoms with E-state index in [4.69, 9.17) is 4.74 Å². The zero-order valence-electron chi connectivity index (χ0n) is 41.6. The lowest BCUT2D eigenvalue weighted by molar-refractivity contribution is -0.151. The fraction of sp³-hybridized carbons (Fsp3) is 0.593. The quantitative estimate of drug-likeness (QED) is 0.0245. The minimum absolute atomic E-state index is 0.00536. The molecule has 0 aliphatic carbocycles. The average molecular weight is 898 g/mol. The van der Waals surface area contributed by atoms with Crippen LogP contribution < -0.4 is 5.32 Å². The van der Waals surface area contributed by atoms with Gasteiger partial charge in [0.25, 0.3) is 0 Å². The second-order valence-corrected chi connectivity index (χ2v) is 17.0. The molecule has 1 amide bonds. The zero-order valence-corrected chi connectivity index (χ0v) is 41.6. The van der Waals surface area contributed by atoms with Crippen LogP contribution >= 0.6 is 0 Å². The van der Waals surface area contributed by atoms with E-state index in [-0.39, 0.29) is 31.3 Å². The van der Waals surface area contributed by atoms with E-state index in [0.717, 1.165) is 77.0 Å². The molecule has 0 aliphatic heterocycles. The first kappa shape index (κ1) is 61.0. The van der Waals surface area contributed by atoms with Crippen LogP contribution in [0, 0.1) is 0 Å². The van der Waals surface area contributed by atoms with Crippen molar-refractivity contribution in [2.45, 2.75) is 219 Å². The average Bonchev–Trinajstić information content (AvgIpc) is 3.30. The van der Waals surface area contributed by atoms with Crippen molar-refractivity contribution < 1.29 is 24.5 Å². The summed E-state index contributed by atoms with van der Waals surface area (Å²) in [6.07, 6.45) is 72.3. The minimum atomic E-state index is -0.827. The van der Waals surface area contributed by atoms with Crippen LogP contribution in [0.25, 0.3) is 0 Å². The molecular formula is C59H95NO5. The molecule has 65 heavy (non-hydrogen) atoms. The third-order valence-electron chi connectivity index (χ3n) is 10.9. The van der Waals surface area contributed by atoms with Gasteiger partial charge in [-0.2, -0.15) is 0 Å². The highest BCUT2D eigenvalue weighted by Gasteiger charge is 2.24. The van der Waals surface area contributed by atoms with E-state index in [1.807, 2.05) is 60.8 Å². The molecule has 0 saturated carbocycles. The predicted molar refractivity (Wildman–Crippen MR) is 282 cm³/mol. The van der Waals surface area contributed by atoms with Crippen molar-refractivity contribution in [3.8, 4) is 0 Å². The molecule has 0 aromatic carbocycles. The summed E-state index contributed by atoms with van der Waals surface area (Å²) >= 11 is 0. The van der Waals surface area contributed by atoms with Crippen molar-refractivity contribution in [1.29, 1.82) is 0 Å². The lowest BCUT2D eigenvalue weighted by Gasteiger charge is -2.24. The molecule has 0 heterocycles. The molecule has 0 spiro atoms. The topological polar surface area (TPSA) is 95.9 Å². The van der Waals surface area contributed by atoms with Gasteiger partial charge in [0.05, 0.1) is 25.2 Å². The number of allylic oxidation sites excluding steroid dienone is 22. The largest absolute Gasteiger partial charge is 0.462 e. The first-order valence-corrected chi connectivity index (χ1v) is 26.0. The van der Waals surface area contributed by atoms with Gasteiger partial charge in [-0.25, -0.2) is 0 Å². The van der Waals surface area contributed by atoms with Gasteiger partial charge < -0.3 is 20.3 Å². The molecule has 366 valence electrons. The molecule has 0 fully saturated rings. The van der Waals surface area contributed by atoms with Crippen molar-refractivity contribution in [3.63, 3.8) is 0 Å². The second-order valence-electron chi connectivity index (χ2n) is 17.0.